The molecule has 6 nitrogen and oxygen atoms in total. The molecule has 7 heteroatoms. The number of sulfone groups is 1. The van der Waals surface area contributed by atoms with Crippen molar-refractivity contribution in [2.45, 2.75) is 46.5 Å². The largest absolute Gasteiger partial charge is 0.381 e. The van der Waals surface area contributed by atoms with E-state index in [4.69, 9.17) is 4.74 Å². The van der Waals surface area contributed by atoms with Crippen LogP contribution in [-0.4, -0.2) is 59.2 Å². The van der Waals surface area contributed by atoms with E-state index in [2.05, 4.69) is 29.5 Å². The summed E-state index contributed by atoms with van der Waals surface area (Å²) >= 11 is 0. The van der Waals surface area contributed by atoms with Gasteiger partial charge in [-0.05, 0) is 43.9 Å². The number of guanidine groups is 1. The maximum atomic E-state index is 11.3. The number of ether oxygens (including phenoxy) is 1. The van der Waals surface area contributed by atoms with Gasteiger partial charge in [-0.15, -0.1) is 0 Å². The van der Waals surface area contributed by atoms with E-state index >= 15 is 0 Å². The number of hydrogen-bond donors (Lipinski definition) is 2. The molecule has 1 aliphatic rings. The summed E-state index contributed by atoms with van der Waals surface area (Å²) < 4.78 is 28.3. The first-order chi connectivity index (χ1) is 11.2. The normalized spacial score (nSPS) is 16.2. The highest BCUT2D eigenvalue weighted by Crippen LogP contribution is 2.28. The Morgan fingerprint density at radius 2 is 2.00 bits per heavy atom. The van der Waals surface area contributed by atoms with Crippen LogP contribution in [0.1, 0.15) is 46.5 Å². The van der Waals surface area contributed by atoms with Crippen LogP contribution < -0.4 is 10.6 Å². The van der Waals surface area contributed by atoms with E-state index < -0.39 is 9.84 Å². The van der Waals surface area contributed by atoms with E-state index in [0.29, 0.717) is 13.0 Å². The minimum absolute atomic E-state index is 0.140. The lowest BCUT2D eigenvalue weighted by Crippen LogP contribution is -2.39. The molecule has 1 saturated carbocycles. The van der Waals surface area contributed by atoms with Crippen molar-refractivity contribution in [3.63, 3.8) is 0 Å². The van der Waals surface area contributed by atoms with Crippen LogP contribution in [0.15, 0.2) is 4.99 Å². The first-order valence-corrected chi connectivity index (χ1v) is 11.1. The first kappa shape index (κ1) is 21.2. The molecule has 0 spiro atoms. The standard InChI is InChI=1S/C17H35N3O3S/c1-5-18-16(19-10-6-11-23-13-15-7-8-15)20-14-17(2,3)9-12-24(4,21)22/h15H,5-14H2,1-4H3,(H2,18,19,20). The highest BCUT2D eigenvalue weighted by Gasteiger charge is 2.21. The van der Waals surface area contributed by atoms with Gasteiger partial charge in [0.2, 0.25) is 0 Å². The summed E-state index contributed by atoms with van der Waals surface area (Å²) in [6, 6.07) is 0. The Labute approximate surface area is 147 Å². The molecule has 2 N–H and O–H groups in total. The second-order valence-corrected chi connectivity index (χ2v) is 9.80. The van der Waals surface area contributed by atoms with Gasteiger partial charge in [-0.1, -0.05) is 13.8 Å². The van der Waals surface area contributed by atoms with Crippen molar-refractivity contribution in [1.82, 2.24) is 10.6 Å². The molecule has 0 aliphatic heterocycles. The van der Waals surface area contributed by atoms with Crippen LogP contribution >= 0.6 is 0 Å². The average Bonchev–Trinajstić information content (AvgIpc) is 3.30. The van der Waals surface area contributed by atoms with Gasteiger partial charge >= 0.3 is 0 Å². The van der Waals surface area contributed by atoms with E-state index in [1.165, 1.54) is 19.1 Å². The smallest absolute Gasteiger partial charge is 0.191 e. The predicted octanol–water partition coefficient (Wildman–Crippen LogP) is 1.82. The first-order valence-electron chi connectivity index (χ1n) is 8.99. The number of aliphatic imine (C=N–C) groups is 1. The van der Waals surface area contributed by atoms with Gasteiger partial charge in [-0.3, -0.25) is 4.99 Å². The molecule has 24 heavy (non-hydrogen) atoms. The summed E-state index contributed by atoms with van der Waals surface area (Å²) in [6.45, 7) is 10.0. The van der Waals surface area contributed by atoms with Crippen molar-refractivity contribution in [3.8, 4) is 0 Å². The molecule has 1 fully saturated rings. The Morgan fingerprint density at radius 1 is 1.29 bits per heavy atom. The number of nitrogens with one attached hydrogen (secondary N) is 2. The predicted molar refractivity (Wildman–Crippen MR) is 100 cm³/mol. The molecule has 1 rings (SSSR count). The Hall–Kier alpha value is -0.820. The summed E-state index contributed by atoms with van der Waals surface area (Å²) in [7, 11) is -2.92. The molecule has 0 aromatic carbocycles. The van der Waals surface area contributed by atoms with Gasteiger partial charge in [-0.25, -0.2) is 8.42 Å². The van der Waals surface area contributed by atoms with Gasteiger partial charge < -0.3 is 15.4 Å². The molecule has 0 aromatic heterocycles. The molecule has 0 saturated heterocycles. The zero-order valence-electron chi connectivity index (χ0n) is 15.7. The summed E-state index contributed by atoms with van der Waals surface area (Å²) in [6.07, 6.45) is 5.50. The van der Waals surface area contributed by atoms with E-state index in [1.807, 2.05) is 6.92 Å². The number of nitrogens with zero attached hydrogens (tertiary/aromatic N) is 1. The average molecular weight is 362 g/mol. The van der Waals surface area contributed by atoms with Crippen molar-refractivity contribution < 1.29 is 13.2 Å². The topological polar surface area (TPSA) is 79.8 Å². The van der Waals surface area contributed by atoms with Gasteiger partial charge in [0.05, 0.1) is 5.75 Å². The fourth-order valence-corrected chi connectivity index (χ4v) is 3.01. The molecule has 0 heterocycles. The minimum Gasteiger partial charge on any atom is -0.381 e. The van der Waals surface area contributed by atoms with Crippen LogP contribution in [0.3, 0.4) is 0 Å². The second kappa shape index (κ2) is 10.2. The molecule has 142 valence electrons. The maximum absolute atomic E-state index is 11.3. The van der Waals surface area contributed by atoms with Gasteiger partial charge in [0.25, 0.3) is 0 Å². The third kappa shape index (κ3) is 11.7. The number of hydrogen-bond acceptors (Lipinski definition) is 4. The van der Waals surface area contributed by atoms with Crippen molar-refractivity contribution in [2.75, 3.05) is 44.9 Å². The fraction of sp³-hybridized carbons (Fsp3) is 0.941. The van der Waals surface area contributed by atoms with Crippen LogP contribution in [0.4, 0.5) is 0 Å². The Balaban J connectivity index is 2.28. The molecule has 0 bridgehead atoms. The van der Waals surface area contributed by atoms with Crippen LogP contribution in [0.5, 0.6) is 0 Å². The van der Waals surface area contributed by atoms with Gasteiger partial charge in [0.15, 0.2) is 5.96 Å². The number of rotatable bonds is 12. The third-order valence-corrected chi connectivity index (χ3v) is 4.91. The molecule has 0 unspecified atom stereocenters. The van der Waals surface area contributed by atoms with Crippen LogP contribution in [0, 0.1) is 11.3 Å². The SMILES string of the molecule is CCNC(=NCC(C)(C)CCS(C)(=O)=O)NCCCOCC1CC1. The summed E-state index contributed by atoms with van der Waals surface area (Å²) in [5.74, 6) is 1.80. The molecule has 1 aliphatic carbocycles. The third-order valence-electron chi connectivity index (χ3n) is 3.97. The monoisotopic (exact) mass is 361 g/mol. The molecule has 0 radical (unpaired) electrons. The van der Waals surface area contributed by atoms with E-state index in [-0.39, 0.29) is 11.2 Å². The van der Waals surface area contributed by atoms with E-state index in [9.17, 15) is 8.42 Å². The lowest BCUT2D eigenvalue weighted by Gasteiger charge is -2.22. The van der Waals surface area contributed by atoms with E-state index in [1.54, 1.807) is 0 Å². The highest BCUT2D eigenvalue weighted by atomic mass is 32.2. The van der Waals surface area contributed by atoms with Crippen LogP contribution in [-0.2, 0) is 14.6 Å². The molecule has 0 amide bonds. The Bertz CT molecular complexity index is 485. The van der Waals surface area contributed by atoms with Gasteiger partial charge in [0.1, 0.15) is 9.84 Å². The maximum Gasteiger partial charge on any atom is 0.191 e. The van der Waals surface area contributed by atoms with Crippen LogP contribution in [0.2, 0.25) is 0 Å². The molecular weight excluding hydrogens is 326 g/mol. The highest BCUT2D eigenvalue weighted by molar-refractivity contribution is 7.90. The van der Waals surface area contributed by atoms with Crippen molar-refractivity contribution in [2.24, 2.45) is 16.3 Å². The lowest BCUT2D eigenvalue weighted by molar-refractivity contribution is 0.123. The van der Waals surface area contributed by atoms with E-state index in [0.717, 1.165) is 44.6 Å². The summed E-state index contributed by atoms with van der Waals surface area (Å²) in [5, 5.41) is 6.54. The summed E-state index contributed by atoms with van der Waals surface area (Å²) in [4.78, 5) is 4.60. The van der Waals surface area contributed by atoms with Crippen LogP contribution in [0.25, 0.3) is 0 Å². The minimum atomic E-state index is -2.92. The van der Waals surface area contributed by atoms with Crippen molar-refractivity contribution in [1.29, 1.82) is 0 Å². The molecular formula is C17H35N3O3S. The Morgan fingerprint density at radius 3 is 2.58 bits per heavy atom. The zero-order valence-corrected chi connectivity index (χ0v) is 16.5. The second-order valence-electron chi connectivity index (χ2n) is 7.54. The molecule has 0 atom stereocenters. The van der Waals surface area contributed by atoms with Crippen molar-refractivity contribution in [3.05, 3.63) is 0 Å². The van der Waals surface area contributed by atoms with Gasteiger partial charge in [-0.2, -0.15) is 0 Å². The zero-order chi connectivity index (χ0) is 18.1. The molecule has 0 aromatic rings. The fourth-order valence-electron chi connectivity index (χ4n) is 2.09. The van der Waals surface area contributed by atoms with Crippen molar-refractivity contribution >= 4 is 15.8 Å². The summed E-state index contributed by atoms with van der Waals surface area (Å²) in [5.41, 5.74) is -0.140. The van der Waals surface area contributed by atoms with Gasteiger partial charge in [0, 0.05) is 39.1 Å². The Kier molecular flexibility index (Phi) is 9.05. The lowest BCUT2D eigenvalue weighted by atomic mass is 9.90. The quantitative estimate of drug-likeness (QED) is 0.315.